The Hall–Kier alpha value is -0.900. The van der Waals surface area contributed by atoms with Crippen LogP contribution in [0.4, 0.5) is 0 Å². The third-order valence-electron chi connectivity index (χ3n) is 2.99. The van der Waals surface area contributed by atoms with E-state index in [1.165, 1.54) is 0 Å². The van der Waals surface area contributed by atoms with Gasteiger partial charge in [0, 0.05) is 25.6 Å². The quantitative estimate of drug-likeness (QED) is 0.638. The second-order valence-corrected chi connectivity index (χ2v) is 4.31. The van der Waals surface area contributed by atoms with Crippen LogP contribution in [0.25, 0.3) is 0 Å². The summed E-state index contributed by atoms with van der Waals surface area (Å²) >= 11 is 0. The molecule has 0 N–H and O–H groups in total. The van der Waals surface area contributed by atoms with E-state index in [4.69, 9.17) is 0 Å². The predicted molar refractivity (Wildman–Crippen MR) is 58.6 cm³/mol. The third kappa shape index (κ3) is 3.30. The first-order valence-corrected chi connectivity index (χ1v) is 5.50. The van der Waals surface area contributed by atoms with Crippen LogP contribution in [-0.4, -0.2) is 54.7 Å². The van der Waals surface area contributed by atoms with Crippen molar-refractivity contribution in [1.82, 2.24) is 9.80 Å². The molecule has 1 aliphatic rings. The molecule has 1 heterocycles. The Kier molecular flexibility index (Phi) is 4.27. The number of ketones is 1. The zero-order valence-electron chi connectivity index (χ0n) is 9.82. The van der Waals surface area contributed by atoms with Crippen LogP contribution in [0.3, 0.4) is 0 Å². The molecule has 0 aliphatic carbocycles. The first-order valence-electron chi connectivity index (χ1n) is 5.50. The van der Waals surface area contributed by atoms with E-state index >= 15 is 0 Å². The van der Waals surface area contributed by atoms with Crippen LogP contribution in [0.1, 0.15) is 26.2 Å². The van der Waals surface area contributed by atoms with Crippen molar-refractivity contribution in [2.24, 2.45) is 0 Å². The molecule has 0 radical (unpaired) electrons. The monoisotopic (exact) mass is 212 g/mol. The highest BCUT2D eigenvalue weighted by Crippen LogP contribution is 2.14. The molecule has 1 atom stereocenters. The van der Waals surface area contributed by atoms with Crippen LogP contribution < -0.4 is 0 Å². The van der Waals surface area contributed by atoms with Gasteiger partial charge in [-0.05, 0) is 20.5 Å². The summed E-state index contributed by atoms with van der Waals surface area (Å²) in [5.74, 6) is 0.0273. The summed E-state index contributed by atoms with van der Waals surface area (Å²) in [6, 6.07) is 0.450. The molecule has 4 heteroatoms. The molecule has 1 saturated heterocycles. The van der Waals surface area contributed by atoms with Gasteiger partial charge < -0.3 is 9.80 Å². The summed E-state index contributed by atoms with van der Waals surface area (Å²) in [5, 5.41) is 0. The second kappa shape index (κ2) is 5.26. The number of hydrogen-bond donors (Lipinski definition) is 0. The number of likely N-dealkylation sites (tertiary alicyclic amines) is 1. The summed E-state index contributed by atoms with van der Waals surface area (Å²) < 4.78 is 0. The van der Waals surface area contributed by atoms with Gasteiger partial charge in [0.25, 0.3) is 0 Å². The smallest absolute Gasteiger partial charge is 0.230 e. The molecule has 0 spiro atoms. The van der Waals surface area contributed by atoms with Crippen molar-refractivity contribution in [3.8, 4) is 0 Å². The summed E-state index contributed by atoms with van der Waals surface area (Å²) in [6.07, 6.45) is 1.55. The molecule has 1 aliphatic heterocycles. The molecule has 0 aromatic heterocycles. The van der Waals surface area contributed by atoms with Crippen LogP contribution in [0.5, 0.6) is 0 Å². The Morgan fingerprint density at radius 1 is 1.40 bits per heavy atom. The molecule has 1 unspecified atom stereocenters. The van der Waals surface area contributed by atoms with E-state index in [0.717, 1.165) is 19.5 Å². The average Bonchev–Trinajstić information content (AvgIpc) is 2.66. The average molecular weight is 212 g/mol. The number of nitrogens with zero attached hydrogens (tertiary/aromatic N) is 2. The largest absolute Gasteiger partial charge is 0.341 e. The second-order valence-electron chi connectivity index (χ2n) is 4.31. The van der Waals surface area contributed by atoms with Crippen molar-refractivity contribution in [3.63, 3.8) is 0 Å². The van der Waals surface area contributed by atoms with Gasteiger partial charge in [0.1, 0.15) is 5.78 Å². The summed E-state index contributed by atoms with van der Waals surface area (Å²) in [4.78, 5) is 26.7. The number of likely N-dealkylation sites (N-methyl/N-ethyl adjacent to an activating group) is 1. The Morgan fingerprint density at radius 3 is 2.53 bits per heavy atom. The van der Waals surface area contributed by atoms with Crippen LogP contribution in [0.2, 0.25) is 0 Å². The molecule has 0 saturated carbocycles. The lowest BCUT2D eigenvalue weighted by Gasteiger charge is -2.20. The maximum atomic E-state index is 11.7. The van der Waals surface area contributed by atoms with Crippen molar-refractivity contribution >= 4 is 11.7 Å². The molecular weight excluding hydrogens is 192 g/mol. The van der Waals surface area contributed by atoms with Gasteiger partial charge in [0.05, 0.1) is 6.42 Å². The zero-order valence-corrected chi connectivity index (χ0v) is 9.82. The van der Waals surface area contributed by atoms with Crippen molar-refractivity contribution in [2.45, 2.75) is 32.2 Å². The van der Waals surface area contributed by atoms with Gasteiger partial charge in [-0.2, -0.15) is 0 Å². The maximum Gasteiger partial charge on any atom is 0.230 e. The van der Waals surface area contributed by atoms with E-state index < -0.39 is 0 Å². The molecule has 0 bridgehead atoms. The minimum Gasteiger partial charge on any atom is -0.341 e. The molecular formula is C11H20N2O2. The molecule has 4 nitrogen and oxygen atoms in total. The van der Waals surface area contributed by atoms with Gasteiger partial charge in [-0.25, -0.2) is 0 Å². The standard InChI is InChI=1S/C11H20N2O2/c1-4-10(14)7-11(15)13-6-5-9(8-13)12(2)3/h9H,4-8H2,1-3H3. The lowest BCUT2D eigenvalue weighted by atomic mass is 10.2. The van der Waals surface area contributed by atoms with Crippen LogP contribution >= 0.6 is 0 Å². The zero-order chi connectivity index (χ0) is 11.4. The highest BCUT2D eigenvalue weighted by Gasteiger charge is 2.27. The molecule has 1 rings (SSSR count). The normalized spacial score (nSPS) is 21.1. The van der Waals surface area contributed by atoms with Crippen molar-refractivity contribution < 1.29 is 9.59 Å². The van der Waals surface area contributed by atoms with Gasteiger partial charge in [-0.15, -0.1) is 0 Å². The van der Waals surface area contributed by atoms with E-state index in [0.29, 0.717) is 12.5 Å². The Morgan fingerprint density at radius 2 is 2.07 bits per heavy atom. The first kappa shape index (κ1) is 12.2. The van der Waals surface area contributed by atoms with Crippen LogP contribution in [0, 0.1) is 0 Å². The SMILES string of the molecule is CCC(=O)CC(=O)N1CCC(N(C)C)C1. The van der Waals surface area contributed by atoms with E-state index in [1.807, 2.05) is 14.1 Å². The van der Waals surface area contributed by atoms with Crippen molar-refractivity contribution in [3.05, 3.63) is 0 Å². The number of carbonyl (C=O) groups is 2. The Balaban J connectivity index is 2.40. The van der Waals surface area contributed by atoms with E-state index in [-0.39, 0.29) is 18.1 Å². The van der Waals surface area contributed by atoms with Crippen molar-refractivity contribution in [2.75, 3.05) is 27.2 Å². The van der Waals surface area contributed by atoms with Gasteiger partial charge in [0.2, 0.25) is 5.91 Å². The van der Waals surface area contributed by atoms with Crippen molar-refractivity contribution in [1.29, 1.82) is 0 Å². The Bertz CT molecular complexity index is 251. The number of rotatable bonds is 4. The maximum absolute atomic E-state index is 11.7. The van der Waals surface area contributed by atoms with Crippen LogP contribution in [0.15, 0.2) is 0 Å². The fraction of sp³-hybridized carbons (Fsp3) is 0.818. The molecule has 0 aromatic carbocycles. The summed E-state index contributed by atoms with van der Waals surface area (Å²) in [6.45, 7) is 3.35. The summed E-state index contributed by atoms with van der Waals surface area (Å²) in [7, 11) is 4.05. The fourth-order valence-corrected chi connectivity index (χ4v) is 1.80. The molecule has 86 valence electrons. The lowest BCUT2D eigenvalue weighted by molar-refractivity contribution is -0.134. The number of amides is 1. The highest BCUT2D eigenvalue weighted by molar-refractivity contribution is 5.97. The van der Waals surface area contributed by atoms with Gasteiger partial charge >= 0.3 is 0 Å². The minimum absolute atomic E-state index is 0.00815. The summed E-state index contributed by atoms with van der Waals surface area (Å²) in [5.41, 5.74) is 0. The third-order valence-corrected chi connectivity index (χ3v) is 2.99. The molecule has 15 heavy (non-hydrogen) atoms. The minimum atomic E-state index is -0.00815. The highest BCUT2D eigenvalue weighted by atomic mass is 16.2. The molecule has 1 fully saturated rings. The predicted octanol–water partition coefficient (Wildman–Crippen LogP) is 0.518. The van der Waals surface area contributed by atoms with E-state index in [1.54, 1.807) is 11.8 Å². The van der Waals surface area contributed by atoms with E-state index in [9.17, 15) is 9.59 Å². The topological polar surface area (TPSA) is 40.6 Å². The molecule has 1 amide bonds. The number of Topliss-reactive ketones (excluding diaryl/α,β-unsaturated/α-hetero) is 1. The first-order chi connectivity index (χ1) is 7.04. The van der Waals surface area contributed by atoms with E-state index in [2.05, 4.69) is 4.90 Å². The van der Waals surface area contributed by atoms with Gasteiger partial charge in [-0.3, -0.25) is 9.59 Å². The lowest BCUT2D eigenvalue weighted by Crippen LogP contribution is -2.35. The Labute approximate surface area is 91.2 Å². The number of hydrogen-bond acceptors (Lipinski definition) is 3. The molecule has 0 aromatic rings. The fourth-order valence-electron chi connectivity index (χ4n) is 1.80. The van der Waals surface area contributed by atoms with Gasteiger partial charge in [-0.1, -0.05) is 6.92 Å². The van der Waals surface area contributed by atoms with Crippen LogP contribution in [-0.2, 0) is 9.59 Å². The number of carbonyl (C=O) groups excluding carboxylic acids is 2. The van der Waals surface area contributed by atoms with Gasteiger partial charge in [0.15, 0.2) is 0 Å².